The van der Waals surface area contributed by atoms with Gasteiger partial charge in [-0.3, -0.25) is 38.7 Å². The second kappa shape index (κ2) is 31.4. The first-order valence-corrected chi connectivity index (χ1v) is 21.5. The number of carboxylic acids is 4. The van der Waals surface area contributed by atoms with Crippen molar-refractivity contribution in [1.82, 2.24) is 14.7 Å². The first-order chi connectivity index (χ1) is 31.7. The number of aliphatic carboxylic acids is 4. The van der Waals surface area contributed by atoms with Crippen molar-refractivity contribution < 1.29 is 163 Å². The number of carbonyl (C=O) groups is 5. The van der Waals surface area contributed by atoms with E-state index in [0.717, 1.165) is 9.80 Å². The summed E-state index contributed by atoms with van der Waals surface area (Å²) in [5, 5.41) is 122. The molecule has 0 aromatic heterocycles. The summed E-state index contributed by atoms with van der Waals surface area (Å²) in [5.41, 5.74) is 0. The molecule has 396 valence electrons. The quantitative estimate of drug-likeness (QED) is 0.0287. The fraction of sp³-hybridized carbons (Fsp3) is 0.872. The minimum Gasteiger partial charge on any atom is -0.480 e. The Morgan fingerprint density at radius 2 is 0.897 bits per heavy atom. The largest absolute Gasteiger partial charge is 0.480 e. The zero-order chi connectivity index (χ0) is 50.0. The Labute approximate surface area is 422 Å². The SMILES string of the molecule is CCOC1OC(CO)C(COCC2OC(COC(=O)CN(CCN(CCN(CC(=O)O)CC(=O)O)CC(=O)O)CC(=O)O)C(COCC3OC(COC)C(O)[C@@H](O)[C@@H]3O)[C@@H](O)[C@@H]2O)[C@@H](O)[C@@H]1O.[Gd]. The topological polar surface area (TPSA) is 412 Å². The number of aliphatic hydroxyl groups is 8. The van der Waals surface area contributed by atoms with E-state index in [1.807, 2.05) is 0 Å². The number of methoxy groups -OCH3 is 1. The van der Waals surface area contributed by atoms with E-state index in [2.05, 4.69) is 0 Å². The van der Waals surface area contributed by atoms with Crippen molar-refractivity contribution >= 4 is 29.8 Å². The van der Waals surface area contributed by atoms with E-state index in [-0.39, 0.29) is 85.9 Å². The smallest absolute Gasteiger partial charge is 0.320 e. The van der Waals surface area contributed by atoms with Crippen LogP contribution in [0.5, 0.6) is 0 Å². The molecule has 68 heavy (non-hydrogen) atoms. The number of nitrogens with zero attached hydrogens (tertiary/aromatic N) is 3. The summed E-state index contributed by atoms with van der Waals surface area (Å²) in [5.74, 6) is -8.51. The van der Waals surface area contributed by atoms with Gasteiger partial charge >= 0.3 is 29.8 Å². The molecule has 0 radical (unpaired) electrons. The molecule has 15 atom stereocenters. The molecule has 0 aromatic rings. The van der Waals surface area contributed by atoms with E-state index in [0.29, 0.717) is 0 Å². The van der Waals surface area contributed by atoms with Gasteiger partial charge < -0.3 is 99.2 Å². The van der Waals surface area contributed by atoms with Crippen LogP contribution in [0.3, 0.4) is 0 Å². The second-order valence-corrected chi connectivity index (χ2v) is 16.4. The summed E-state index contributed by atoms with van der Waals surface area (Å²) in [6.45, 7) is -5.32. The molecule has 0 spiro atoms. The van der Waals surface area contributed by atoms with Crippen LogP contribution in [0.1, 0.15) is 6.92 Å². The third kappa shape index (κ3) is 19.9. The Bertz CT molecular complexity index is 1520. The van der Waals surface area contributed by atoms with Gasteiger partial charge in [-0.2, -0.15) is 0 Å². The zero-order valence-electron chi connectivity index (χ0n) is 37.6. The number of rotatable bonds is 31. The predicted molar refractivity (Wildman–Crippen MR) is 218 cm³/mol. The van der Waals surface area contributed by atoms with Crippen LogP contribution in [0.15, 0.2) is 0 Å². The maximum atomic E-state index is 13.3. The minimum absolute atomic E-state index is 0. The van der Waals surface area contributed by atoms with Crippen LogP contribution in [0.4, 0.5) is 0 Å². The molecule has 0 bridgehead atoms. The first kappa shape index (κ1) is 62.1. The van der Waals surface area contributed by atoms with Gasteiger partial charge in [0, 0.05) is 91.7 Å². The van der Waals surface area contributed by atoms with Gasteiger partial charge in [-0.1, -0.05) is 0 Å². The Kier molecular flexibility index (Phi) is 28.7. The number of carboxylic acid groups (broad SMARTS) is 4. The van der Waals surface area contributed by atoms with Crippen LogP contribution in [0, 0.1) is 51.8 Å². The Balaban J connectivity index is 0.0000159. The summed E-state index contributed by atoms with van der Waals surface area (Å²) in [6.07, 6.45) is -18.2. The molecule has 0 saturated carbocycles. The number of hydrogen-bond donors (Lipinski definition) is 12. The van der Waals surface area contributed by atoms with Crippen molar-refractivity contribution in [2.24, 2.45) is 11.8 Å². The van der Waals surface area contributed by atoms with E-state index < -0.39 is 187 Å². The van der Waals surface area contributed by atoms with Gasteiger partial charge in [0.05, 0.1) is 96.8 Å². The van der Waals surface area contributed by atoms with E-state index in [9.17, 15) is 75.0 Å². The predicted octanol–water partition coefficient (Wildman–Crippen LogP) is -7.50. The number of hydrogen-bond acceptors (Lipinski definition) is 24. The molecule has 12 N–H and O–H groups in total. The van der Waals surface area contributed by atoms with E-state index >= 15 is 0 Å². The molecule has 3 fully saturated rings. The number of aliphatic hydroxyl groups excluding tert-OH is 8. The van der Waals surface area contributed by atoms with Gasteiger partial charge in [0.15, 0.2) is 6.29 Å². The average molecular weight is 1140 g/mol. The molecule has 3 rings (SSSR count). The van der Waals surface area contributed by atoms with Crippen LogP contribution in [-0.4, -0.2) is 304 Å². The molecule has 3 aliphatic heterocycles. The van der Waals surface area contributed by atoms with Crippen molar-refractivity contribution in [2.45, 2.75) is 86.5 Å². The maximum absolute atomic E-state index is 13.3. The summed E-state index contributed by atoms with van der Waals surface area (Å²) < 4.78 is 44.6. The van der Waals surface area contributed by atoms with Gasteiger partial charge in [0.2, 0.25) is 0 Å². The molecule has 9 unspecified atom stereocenters. The molecule has 29 heteroatoms. The summed E-state index contributed by atoms with van der Waals surface area (Å²) >= 11 is 0. The van der Waals surface area contributed by atoms with E-state index in [4.69, 9.17) is 48.1 Å². The van der Waals surface area contributed by atoms with E-state index in [1.165, 1.54) is 12.0 Å². The van der Waals surface area contributed by atoms with Gasteiger partial charge in [-0.05, 0) is 6.92 Å². The summed E-state index contributed by atoms with van der Waals surface area (Å²) in [4.78, 5) is 62.6. The molecule has 0 aromatic carbocycles. The normalized spacial score (nSPS) is 31.9. The van der Waals surface area contributed by atoms with Crippen molar-refractivity contribution in [3.63, 3.8) is 0 Å². The van der Waals surface area contributed by atoms with Crippen LogP contribution in [-0.2, 0) is 61.9 Å². The van der Waals surface area contributed by atoms with Gasteiger partial charge in [0.25, 0.3) is 0 Å². The van der Waals surface area contributed by atoms with Crippen molar-refractivity contribution in [1.29, 1.82) is 0 Å². The third-order valence-electron chi connectivity index (χ3n) is 11.4. The van der Waals surface area contributed by atoms with Crippen molar-refractivity contribution in [3.05, 3.63) is 0 Å². The average Bonchev–Trinajstić information content (AvgIpc) is 3.25. The molecular weight excluding hydrogens is 1070 g/mol. The summed E-state index contributed by atoms with van der Waals surface area (Å²) in [6, 6.07) is 0. The standard InChI is InChI=1S/C39H67N3O25.Gd/c1-3-63-39-38(59)33(54)20(22(13-43)67-39)14-61-17-25-34(55)32(53)21(15-62-18-26-36(57)37(58)35(56)24(66-26)16-60-2)23(65-25)19-64-31(52)12-42(11-30(50)51)7-5-40(8-27(44)45)4-6-41(9-28(46)47)10-29(48)49;/h20-26,32-39,43,53-59H,3-19H2,1-2H3,(H,44,45)(H,46,47)(H,48,49)(H,50,51);/t20?,21?,22?,23?,24?,25?,26?,32-,33-,34-,35?,36-,37-,38+,39?;/m1./s1. The van der Waals surface area contributed by atoms with Crippen LogP contribution < -0.4 is 0 Å². The molecular formula is C39H67GdN3O25. The summed E-state index contributed by atoms with van der Waals surface area (Å²) in [7, 11) is 1.33. The minimum atomic E-state index is -1.69. The van der Waals surface area contributed by atoms with Gasteiger partial charge in [-0.15, -0.1) is 0 Å². The Hall–Kier alpha value is -2.05. The molecule has 3 heterocycles. The first-order valence-electron chi connectivity index (χ1n) is 21.5. The zero-order valence-corrected chi connectivity index (χ0v) is 39.8. The molecule has 0 amide bonds. The van der Waals surface area contributed by atoms with Crippen LogP contribution in [0.25, 0.3) is 0 Å². The molecule has 0 aliphatic carbocycles. The van der Waals surface area contributed by atoms with Gasteiger partial charge in [-0.25, -0.2) is 0 Å². The molecule has 3 aliphatic rings. The number of esters is 1. The van der Waals surface area contributed by atoms with Crippen LogP contribution >= 0.6 is 0 Å². The van der Waals surface area contributed by atoms with E-state index in [1.54, 1.807) is 6.92 Å². The monoisotopic (exact) mass is 1140 g/mol. The van der Waals surface area contributed by atoms with Gasteiger partial charge in [0.1, 0.15) is 55.4 Å². The number of ether oxygens (including phenoxy) is 8. The Morgan fingerprint density at radius 1 is 0.485 bits per heavy atom. The van der Waals surface area contributed by atoms with Crippen LogP contribution in [0.2, 0.25) is 0 Å². The third-order valence-corrected chi connectivity index (χ3v) is 11.4. The molecule has 28 nitrogen and oxygen atoms in total. The second-order valence-electron chi connectivity index (χ2n) is 16.4. The Morgan fingerprint density at radius 3 is 1.37 bits per heavy atom. The van der Waals surface area contributed by atoms with Crippen molar-refractivity contribution in [3.8, 4) is 0 Å². The fourth-order valence-electron chi connectivity index (χ4n) is 7.82. The fourth-order valence-corrected chi connectivity index (χ4v) is 7.82. The van der Waals surface area contributed by atoms with Crippen molar-refractivity contribution in [2.75, 3.05) is 119 Å². The number of carbonyl (C=O) groups excluding carboxylic acids is 1. The molecule has 3 saturated heterocycles. The maximum Gasteiger partial charge on any atom is 0.320 e.